The molecule has 2 aromatic carbocycles. The third-order valence-electron chi connectivity index (χ3n) is 3.58. The molecule has 0 aliphatic heterocycles. The smallest absolute Gasteiger partial charge is 0.269 e. The summed E-state index contributed by atoms with van der Waals surface area (Å²) in [7, 11) is -2.54. The van der Waals surface area contributed by atoms with E-state index >= 15 is 0 Å². The van der Waals surface area contributed by atoms with Crippen molar-refractivity contribution in [1.82, 2.24) is 4.31 Å². The predicted octanol–water partition coefficient (Wildman–Crippen LogP) is 3.13. The normalized spacial score (nSPS) is 12.5. The van der Waals surface area contributed by atoms with Gasteiger partial charge in [0.25, 0.3) is 5.69 Å². The first-order valence-electron chi connectivity index (χ1n) is 7.04. The molecule has 11 heteroatoms. The molecule has 0 radical (unpaired) electrons. The highest BCUT2D eigenvalue weighted by atomic mass is 35.5. The molecule has 0 saturated heterocycles. The quantitative estimate of drug-likeness (QED) is 0.567. The SMILES string of the molecule is CN(CC(N)c1ccc(F)c(Cl)c1)S(=O)(=O)c1ccc([N+](=O)[O-])cc1.Cl. The number of nitrogens with zero attached hydrogens (tertiary/aromatic N) is 2. The molecule has 2 rings (SSSR count). The maximum absolute atomic E-state index is 13.2. The van der Waals surface area contributed by atoms with Crippen LogP contribution in [0, 0.1) is 15.9 Å². The number of nitro benzene ring substituents is 1. The average Bonchev–Trinajstić information content (AvgIpc) is 2.57. The van der Waals surface area contributed by atoms with E-state index in [1.54, 1.807) is 0 Å². The molecule has 2 aromatic rings. The average molecular weight is 424 g/mol. The zero-order chi connectivity index (χ0) is 18.8. The number of non-ortho nitro benzene ring substituents is 1. The number of hydrogen-bond donors (Lipinski definition) is 1. The highest BCUT2D eigenvalue weighted by Gasteiger charge is 2.24. The van der Waals surface area contributed by atoms with Crippen LogP contribution in [0.25, 0.3) is 0 Å². The van der Waals surface area contributed by atoms with Gasteiger partial charge < -0.3 is 5.73 Å². The summed E-state index contributed by atoms with van der Waals surface area (Å²) in [5.74, 6) is -0.593. The van der Waals surface area contributed by atoms with Crippen LogP contribution in [0.2, 0.25) is 5.02 Å². The van der Waals surface area contributed by atoms with Crippen molar-refractivity contribution in [3.8, 4) is 0 Å². The summed E-state index contributed by atoms with van der Waals surface area (Å²) in [5, 5.41) is 10.5. The van der Waals surface area contributed by atoms with Gasteiger partial charge in [-0.05, 0) is 29.8 Å². The number of likely N-dealkylation sites (N-methyl/N-ethyl adjacent to an activating group) is 1. The van der Waals surface area contributed by atoms with Gasteiger partial charge in [0, 0.05) is 31.8 Å². The van der Waals surface area contributed by atoms with E-state index in [1.807, 2.05) is 0 Å². The number of nitrogens with two attached hydrogens (primary N) is 1. The number of benzene rings is 2. The summed E-state index contributed by atoms with van der Waals surface area (Å²) >= 11 is 5.70. The van der Waals surface area contributed by atoms with E-state index in [0.717, 1.165) is 34.6 Å². The Labute approximate surface area is 161 Å². The lowest BCUT2D eigenvalue weighted by Gasteiger charge is -2.21. The first kappa shape index (κ1) is 22.3. The van der Waals surface area contributed by atoms with Crippen LogP contribution < -0.4 is 5.73 Å². The van der Waals surface area contributed by atoms with E-state index in [2.05, 4.69) is 0 Å². The molecule has 7 nitrogen and oxygen atoms in total. The second-order valence-corrected chi connectivity index (χ2v) is 7.77. The Morgan fingerprint density at radius 3 is 2.35 bits per heavy atom. The van der Waals surface area contributed by atoms with Crippen molar-refractivity contribution in [2.45, 2.75) is 10.9 Å². The van der Waals surface area contributed by atoms with Crippen molar-refractivity contribution >= 4 is 39.7 Å². The van der Waals surface area contributed by atoms with E-state index in [9.17, 15) is 22.9 Å². The van der Waals surface area contributed by atoms with Crippen molar-refractivity contribution in [2.75, 3.05) is 13.6 Å². The lowest BCUT2D eigenvalue weighted by Crippen LogP contribution is -2.34. The van der Waals surface area contributed by atoms with Crippen LogP contribution in [-0.4, -0.2) is 31.2 Å². The van der Waals surface area contributed by atoms with E-state index in [1.165, 1.54) is 19.2 Å². The molecular formula is C15H16Cl2FN3O4S. The Bertz CT molecular complexity index is 894. The minimum atomic E-state index is -3.88. The van der Waals surface area contributed by atoms with E-state index in [0.29, 0.717) is 5.56 Å². The number of nitro groups is 1. The summed E-state index contributed by atoms with van der Waals surface area (Å²) in [6.07, 6.45) is 0. The largest absolute Gasteiger partial charge is 0.323 e. The first-order valence-corrected chi connectivity index (χ1v) is 8.86. The molecule has 26 heavy (non-hydrogen) atoms. The highest BCUT2D eigenvalue weighted by Crippen LogP contribution is 2.23. The van der Waals surface area contributed by atoms with E-state index in [4.69, 9.17) is 17.3 Å². The lowest BCUT2D eigenvalue weighted by atomic mass is 10.1. The molecule has 0 fully saturated rings. The summed E-state index contributed by atoms with van der Waals surface area (Å²) < 4.78 is 39.3. The molecule has 142 valence electrons. The van der Waals surface area contributed by atoms with Gasteiger partial charge in [-0.25, -0.2) is 12.8 Å². The number of hydrogen-bond acceptors (Lipinski definition) is 5. The molecule has 0 saturated carbocycles. The van der Waals surface area contributed by atoms with Gasteiger partial charge in [0.15, 0.2) is 0 Å². The predicted molar refractivity (Wildman–Crippen MR) is 98.5 cm³/mol. The standard InChI is InChI=1S/C15H15ClFN3O4S.ClH/c1-19(9-15(18)10-2-7-14(17)13(16)8-10)25(23,24)12-5-3-11(4-6-12)20(21)22;/h2-8,15H,9,18H2,1H3;1H. The van der Waals surface area contributed by atoms with Crippen molar-refractivity contribution in [2.24, 2.45) is 5.73 Å². The zero-order valence-corrected chi connectivity index (χ0v) is 15.9. The van der Waals surface area contributed by atoms with Crippen LogP contribution in [0.3, 0.4) is 0 Å². The van der Waals surface area contributed by atoms with Crippen molar-refractivity contribution in [3.63, 3.8) is 0 Å². The minimum Gasteiger partial charge on any atom is -0.323 e. The van der Waals surface area contributed by atoms with Crippen LogP contribution >= 0.6 is 24.0 Å². The zero-order valence-electron chi connectivity index (χ0n) is 13.5. The van der Waals surface area contributed by atoms with Gasteiger partial charge in [0.05, 0.1) is 14.8 Å². The van der Waals surface area contributed by atoms with Crippen LogP contribution in [0.15, 0.2) is 47.4 Å². The molecular weight excluding hydrogens is 408 g/mol. The van der Waals surface area contributed by atoms with E-state index in [-0.39, 0.29) is 34.6 Å². The summed E-state index contributed by atoms with van der Waals surface area (Å²) in [6, 6.07) is 7.74. The van der Waals surface area contributed by atoms with Gasteiger partial charge in [-0.1, -0.05) is 17.7 Å². The number of halogens is 3. The molecule has 0 bridgehead atoms. The van der Waals surface area contributed by atoms with Crippen LogP contribution in [-0.2, 0) is 10.0 Å². The molecule has 0 heterocycles. The van der Waals surface area contributed by atoms with Gasteiger partial charge in [-0.2, -0.15) is 4.31 Å². The molecule has 0 spiro atoms. The summed E-state index contributed by atoms with van der Waals surface area (Å²) in [6.45, 7) is -0.0821. The van der Waals surface area contributed by atoms with Crippen molar-refractivity contribution < 1.29 is 17.7 Å². The molecule has 0 aliphatic carbocycles. The fourth-order valence-corrected chi connectivity index (χ4v) is 3.53. The van der Waals surface area contributed by atoms with Crippen LogP contribution in [0.1, 0.15) is 11.6 Å². The third-order valence-corrected chi connectivity index (χ3v) is 5.71. The molecule has 1 unspecified atom stereocenters. The molecule has 0 aliphatic rings. The second kappa shape index (κ2) is 8.74. The Hall–Kier alpha value is -1.78. The van der Waals surface area contributed by atoms with Crippen molar-refractivity contribution in [3.05, 3.63) is 69.0 Å². The summed E-state index contributed by atoms with van der Waals surface area (Å²) in [5.41, 5.74) is 6.25. The Balaban J connectivity index is 0.00000338. The Kier molecular flexibility index (Phi) is 7.48. The molecule has 0 aromatic heterocycles. The monoisotopic (exact) mass is 423 g/mol. The van der Waals surface area contributed by atoms with Gasteiger partial charge in [0.2, 0.25) is 10.0 Å². The molecule has 1 atom stereocenters. The fraction of sp³-hybridized carbons (Fsp3) is 0.200. The van der Waals surface area contributed by atoms with Crippen LogP contribution in [0.4, 0.5) is 10.1 Å². The summed E-state index contributed by atoms with van der Waals surface area (Å²) in [4.78, 5) is 9.93. The lowest BCUT2D eigenvalue weighted by molar-refractivity contribution is -0.384. The topological polar surface area (TPSA) is 107 Å². The fourth-order valence-electron chi connectivity index (χ4n) is 2.14. The van der Waals surface area contributed by atoms with Gasteiger partial charge >= 0.3 is 0 Å². The molecule has 2 N–H and O–H groups in total. The maximum atomic E-state index is 13.2. The number of sulfonamides is 1. The number of rotatable bonds is 6. The molecule has 0 amide bonds. The highest BCUT2D eigenvalue weighted by molar-refractivity contribution is 7.89. The Morgan fingerprint density at radius 2 is 1.85 bits per heavy atom. The third kappa shape index (κ3) is 4.89. The minimum absolute atomic E-state index is 0. The van der Waals surface area contributed by atoms with Gasteiger partial charge in [-0.15, -0.1) is 12.4 Å². The Morgan fingerprint density at radius 1 is 1.27 bits per heavy atom. The van der Waals surface area contributed by atoms with Crippen molar-refractivity contribution in [1.29, 1.82) is 0 Å². The first-order chi connectivity index (χ1) is 11.6. The van der Waals surface area contributed by atoms with Crippen LogP contribution in [0.5, 0.6) is 0 Å². The van der Waals surface area contributed by atoms with Gasteiger partial charge in [0.1, 0.15) is 5.82 Å². The van der Waals surface area contributed by atoms with Gasteiger partial charge in [-0.3, -0.25) is 10.1 Å². The second-order valence-electron chi connectivity index (χ2n) is 5.32. The maximum Gasteiger partial charge on any atom is 0.269 e. The van der Waals surface area contributed by atoms with E-state index < -0.39 is 26.8 Å².